The van der Waals surface area contributed by atoms with E-state index in [4.69, 9.17) is 31.3 Å². The number of benzene rings is 1. The van der Waals surface area contributed by atoms with Crippen LogP contribution in [0.3, 0.4) is 0 Å². The number of aliphatic carboxylic acids is 2. The third kappa shape index (κ3) is 16.6. The van der Waals surface area contributed by atoms with E-state index in [9.17, 15) is 46.0 Å². The highest BCUT2D eigenvalue weighted by molar-refractivity contribution is 5.79. The highest BCUT2D eigenvalue weighted by Crippen LogP contribution is 2.14. The number of nitro groups is 1. The monoisotopic (exact) mass is 537 g/mol. The second-order valence-corrected chi connectivity index (χ2v) is 6.21. The first-order chi connectivity index (χ1) is 16.3. The van der Waals surface area contributed by atoms with Gasteiger partial charge in [0.15, 0.2) is 0 Å². The SMILES string of the molecule is NCC(=O)NCC(Cc1ccc([N+](=O)[O-])cc1)NC(=O)CN.O=C(O)C(F)(F)F.O=C(O)C(F)(F)F. The van der Waals surface area contributed by atoms with Gasteiger partial charge in [-0.25, -0.2) is 9.59 Å². The number of nitrogens with two attached hydrogens (primary N) is 2. The standard InChI is InChI=1S/C13H19N5O4.2C2HF3O2/c14-6-12(19)16-8-10(17-13(20)7-15)5-9-1-3-11(4-2-9)18(21)22;2*3-2(4,5)1(6)7/h1-4,10H,5-8,14-15H2,(H,16,19)(H,17,20);2*(H,6,7). The van der Waals surface area contributed by atoms with Crippen LogP contribution in [0.15, 0.2) is 24.3 Å². The Hall–Kier alpha value is -4.00. The zero-order valence-corrected chi connectivity index (χ0v) is 17.9. The average Bonchev–Trinajstić information content (AvgIpc) is 2.76. The van der Waals surface area contributed by atoms with Gasteiger partial charge in [0.05, 0.1) is 24.1 Å². The number of amides is 2. The van der Waals surface area contributed by atoms with Gasteiger partial charge in [-0.3, -0.25) is 19.7 Å². The maximum Gasteiger partial charge on any atom is 0.490 e. The molecule has 0 aliphatic heterocycles. The number of non-ortho nitro benzene ring substituents is 1. The molecule has 204 valence electrons. The molecule has 1 aromatic rings. The molecule has 0 aliphatic rings. The number of nitrogens with zero attached hydrogens (tertiary/aromatic N) is 1. The van der Waals surface area contributed by atoms with Crippen LogP contribution in [0.5, 0.6) is 0 Å². The highest BCUT2D eigenvalue weighted by atomic mass is 19.4. The fourth-order valence-corrected chi connectivity index (χ4v) is 1.81. The number of halogens is 6. The molecule has 1 unspecified atom stereocenters. The fourth-order valence-electron chi connectivity index (χ4n) is 1.81. The topological polar surface area (TPSA) is 228 Å². The van der Waals surface area contributed by atoms with Gasteiger partial charge < -0.3 is 32.3 Å². The molecule has 1 rings (SSSR count). The molecular weight excluding hydrogens is 516 g/mol. The molecule has 0 saturated carbocycles. The Morgan fingerprint density at radius 2 is 1.28 bits per heavy atom. The molecule has 0 bridgehead atoms. The Balaban J connectivity index is 0. The van der Waals surface area contributed by atoms with Crippen molar-refractivity contribution in [2.24, 2.45) is 11.5 Å². The summed E-state index contributed by atoms with van der Waals surface area (Å²) in [5.74, 6) is -6.20. The number of hydrogen-bond donors (Lipinski definition) is 6. The van der Waals surface area contributed by atoms with Crippen LogP contribution in [0.2, 0.25) is 0 Å². The number of nitrogens with one attached hydrogen (secondary N) is 2. The minimum Gasteiger partial charge on any atom is -0.475 e. The number of rotatable bonds is 8. The van der Waals surface area contributed by atoms with Crippen molar-refractivity contribution < 1.29 is 60.7 Å². The Kier molecular flexibility index (Phi) is 15.0. The van der Waals surface area contributed by atoms with Crippen molar-refractivity contribution in [3.05, 3.63) is 39.9 Å². The van der Waals surface area contributed by atoms with Gasteiger partial charge in [0, 0.05) is 18.7 Å². The maximum absolute atomic E-state index is 11.4. The zero-order chi connectivity index (χ0) is 28.7. The number of carboxylic acid groups (broad SMARTS) is 2. The largest absolute Gasteiger partial charge is 0.490 e. The van der Waals surface area contributed by atoms with Crippen LogP contribution in [-0.2, 0) is 25.6 Å². The molecule has 0 heterocycles. The van der Waals surface area contributed by atoms with Gasteiger partial charge in [-0.15, -0.1) is 0 Å². The average molecular weight is 537 g/mol. The summed E-state index contributed by atoms with van der Waals surface area (Å²) >= 11 is 0. The third-order valence-electron chi connectivity index (χ3n) is 3.40. The van der Waals surface area contributed by atoms with Crippen LogP contribution in [0.25, 0.3) is 0 Å². The predicted molar refractivity (Wildman–Crippen MR) is 107 cm³/mol. The number of hydrogen-bond acceptors (Lipinski definition) is 8. The van der Waals surface area contributed by atoms with Crippen LogP contribution in [0, 0.1) is 10.1 Å². The molecule has 1 atom stereocenters. The number of carboxylic acids is 2. The zero-order valence-electron chi connectivity index (χ0n) is 17.9. The molecule has 19 heteroatoms. The number of carbonyl (C=O) groups is 4. The summed E-state index contributed by atoms with van der Waals surface area (Å²) in [5, 5.41) is 30.1. The number of carbonyl (C=O) groups excluding carboxylic acids is 2. The summed E-state index contributed by atoms with van der Waals surface area (Å²) in [6, 6.07) is 5.59. The van der Waals surface area contributed by atoms with Crippen LogP contribution >= 0.6 is 0 Å². The van der Waals surface area contributed by atoms with Crippen molar-refractivity contribution in [2.45, 2.75) is 24.8 Å². The van der Waals surface area contributed by atoms with Crippen molar-refractivity contribution >= 4 is 29.4 Å². The lowest BCUT2D eigenvalue weighted by molar-refractivity contribution is -0.384. The van der Waals surface area contributed by atoms with E-state index >= 15 is 0 Å². The van der Waals surface area contributed by atoms with E-state index in [1.165, 1.54) is 12.1 Å². The summed E-state index contributed by atoms with van der Waals surface area (Å²) in [4.78, 5) is 50.5. The molecule has 0 saturated heterocycles. The van der Waals surface area contributed by atoms with Gasteiger partial charge in [-0.1, -0.05) is 12.1 Å². The summed E-state index contributed by atoms with van der Waals surface area (Å²) < 4.78 is 63.5. The Bertz CT molecular complexity index is 869. The Labute approximate surface area is 197 Å². The van der Waals surface area contributed by atoms with Gasteiger partial charge in [-0.05, 0) is 12.0 Å². The molecule has 2 amide bonds. The van der Waals surface area contributed by atoms with Gasteiger partial charge in [0.25, 0.3) is 5.69 Å². The van der Waals surface area contributed by atoms with Gasteiger partial charge in [0.2, 0.25) is 11.8 Å². The summed E-state index contributed by atoms with van der Waals surface area (Å²) in [5.41, 5.74) is 11.2. The van der Waals surface area contributed by atoms with Crippen LogP contribution in [0.4, 0.5) is 32.0 Å². The van der Waals surface area contributed by atoms with Crippen LogP contribution in [-0.4, -0.2) is 76.9 Å². The van der Waals surface area contributed by atoms with Crippen molar-refractivity contribution in [3.8, 4) is 0 Å². The molecule has 0 fully saturated rings. The third-order valence-corrected chi connectivity index (χ3v) is 3.40. The molecule has 36 heavy (non-hydrogen) atoms. The van der Waals surface area contributed by atoms with Crippen LogP contribution in [0.1, 0.15) is 5.56 Å². The molecule has 8 N–H and O–H groups in total. The van der Waals surface area contributed by atoms with E-state index in [1.807, 2.05) is 0 Å². The lowest BCUT2D eigenvalue weighted by Gasteiger charge is -2.19. The van der Waals surface area contributed by atoms with E-state index in [1.54, 1.807) is 12.1 Å². The molecule has 0 radical (unpaired) electrons. The molecule has 13 nitrogen and oxygen atoms in total. The van der Waals surface area contributed by atoms with E-state index in [2.05, 4.69) is 10.6 Å². The second kappa shape index (κ2) is 15.8. The van der Waals surface area contributed by atoms with Crippen molar-refractivity contribution in [1.29, 1.82) is 0 Å². The van der Waals surface area contributed by atoms with Gasteiger partial charge in [-0.2, -0.15) is 26.3 Å². The fraction of sp³-hybridized carbons (Fsp3) is 0.412. The molecular formula is C17H21F6N5O8. The molecule has 0 spiro atoms. The van der Waals surface area contributed by atoms with Crippen molar-refractivity contribution in [1.82, 2.24) is 10.6 Å². The minimum atomic E-state index is -5.08. The van der Waals surface area contributed by atoms with E-state index in [0.717, 1.165) is 5.56 Å². The maximum atomic E-state index is 11.4. The summed E-state index contributed by atoms with van der Waals surface area (Å²) in [7, 11) is 0. The molecule has 0 aliphatic carbocycles. The number of alkyl halides is 6. The summed E-state index contributed by atoms with van der Waals surface area (Å²) in [6.45, 7) is -0.116. The van der Waals surface area contributed by atoms with Crippen LogP contribution < -0.4 is 22.1 Å². The Morgan fingerprint density at radius 3 is 1.58 bits per heavy atom. The second-order valence-electron chi connectivity index (χ2n) is 6.21. The first-order valence-corrected chi connectivity index (χ1v) is 9.14. The first kappa shape index (κ1) is 34.2. The quantitative estimate of drug-likeness (QED) is 0.147. The van der Waals surface area contributed by atoms with Crippen molar-refractivity contribution in [3.63, 3.8) is 0 Å². The molecule has 1 aromatic carbocycles. The van der Waals surface area contributed by atoms with Gasteiger partial charge in [0.1, 0.15) is 0 Å². The number of nitro benzene ring substituents is 1. The van der Waals surface area contributed by atoms with Crippen molar-refractivity contribution in [2.75, 3.05) is 19.6 Å². The van der Waals surface area contributed by atoms with E-state index < -0.39 is 29.2 Å². The van der Waals surface area contributed by atoms with E-state index in [-0.39, 0.29) is 43.2 Å². The minimum absolute atomic E-state index is 0.0114. The molecule has 0 aromatic heterocycles. The lowest BCUT2D eigenvalue weighted by atomic mass is 10.1. The predicted octanol–water partition coefficient (Wildman–Crippen LogP) is -0.0777. The van der Waals surface area contributed by atoms with E-state index in [0.29, 0.717) is 6.42 Å². The first-order valence-electron chi connectivity index (χ1n) is 9.14. The lowest BCUT2D eigenvalue weighted by Crippen LogP contribution is -2.47. The Morgan fingerprint density at radius 1 is 0.889 bits per heavy atom. The summed E-state index contributed by atoms with van der Waals surface area (Å²) in [6.07, 6.45) is -9.77. The smallest absolute Gasteiger partial charge is 0.475 e. The normalized spacial score (nSPS) is 11.4. The van der Waals surface area contributed by atoms with Gasteiger partial charge >= 0.3 is 24.3 Å². The highest BCUT2D eigenvalue weighted by Gasteiger charge is 2.38.